The number of hydrogen-bond donors (Lipinski definition) is 1. The third-order valence-electron chi connectivity index (χ3n) is 1.19. The average molecular weight is 127 g/mol. The molecule has 1 rings (SSSR count). The van der Waals surface area contributed by atoms with Crippen molar-refractivity contribution < 1.29 is 4.79 Å². The van der Waals surface area contributed by atoms with E-state index in [0.29, 0.717) is 18.8 Å². The highest BCUT2D eigenvalue weighted by Crippen LogP contribution is 2.01. The van der Waals surface area contributed by atoms with E-state index >= 15 is 0 Å². The Hall–Kier alpha value is -1.06. The molecule has 0 spiro atoms. The molecule has 1 amide bonds. The minimum atomic E-state index is -0.0459. The summed E-state index contributed by atoms with van der Waals surface area (Å²) in [5, 5.41) is 5.14. The lowest BCUT2D eigenvalue weighted by Crippen LogP contribution is -2.19. The quantitative estimate of drug-likeness (QED) is 0.477. The SMILES string of the molecule is CC(=O)N1CCC(N)=N1. The molecule has 2 N–H and O–H groups in total. The van der Waals surface area contributed by atoms with E-state index in [1.54, 1.807) is 0 Å². The van der Waals surface area contributed by atoms with Gasteiger partial charge >= 0.3 is 0 Å². The maximum absolute atomic E-state index is 10.6. The topological polar surface area (TPSA) is 58.7 Å². The third kappa shape index (κ3) is 1.19. The molecular formula is C5H9N3O. The zero-order valence-electron chi connectivity index (χ0n) is 5.29. The summed E-state index contributed by atoms with van der Waals surface area (Å²) in [6.45, 7) is 2.11. The maximum Gasteiger partial charge on any atom is 0.239 e. The molecule has 0 bridgehead atoms. The molecular weight excluding hydrogens is 118 g/mol. The Morgan fingerprint density at radius 3 is 2.78 bits per heavy atom. The summed E-state index contributed by atoms with van der Waals surface area (Å²) in [5.74, 6) is 0.501. The Balaban J connectivity index is 2.57. The Kier molecular flexibility index (Phi) is 1.38. The number of nitrogens with two attached hydrogens (primary N) is 1. The van der Waals surface area contributed by atoms with Gasteiger partial charge in [-0.2, -0.15) is 5.10 Å². The van der Waals surface area contributed by atoms with E-state index in [4.69, 9.17) is 5.73 Å². The van der Waals surface area contributed by atoms with Gasteiger partial charge < -0.3 is 5.73 Å². The first-order valence-corrected chi connectivity index (χ1v) is 2.81. The third-order valence-corrected chi connectivity index (χ3v) is 1.19. The Morgan fingerprint density at radius 2 is 2.56 bits per heavy atom. The van der Waals surface area contributed by atoms with Gasteiger partial charge in [0.1, 0.15) is 5.84 Å². The molecule has 9 heavy (non-hydrogen) atoms. The van der Waals surface area contributed by atoms with Crippen molar-refractivity contribution >= 4 is 11.7 Å². The Labute approximate surface area is 53.3 Å². The minimum absolute atomic E-state index is 0.0459. The summed E-state index contributed by atoms with van der Waals surface area (Å²) in [5.41, 5.74) is 5.32. The molecule has 0 saturated heterocycles. The Bertz CT molecular complexity index is 164. The summed E-state index contributed by atoms with van der Waals surface area (Å²) in [4.78, 5) is 10.6. The highest BCUT2D eigenvalue weighted by atomic mass is 16.2. The second-order valence-electron chi connectivity index (χ2n) is 1.98. The van der Waals surface area contributed by atoms with Gasteiger partial charge in [0.2, 0.25) is 5.91 Å². The molecule has 0 aromatic carbocycles. The number of carbonyl (C=O) groups excluding carboxylic acids is 1. The normalized spacial score (nSPS) is 17.9. The van der Waals surface area contributed by atoms with Crippen molar-refractivity contribution in [3.8, 4) is 0 Å². The second kappa shape index (κ2) is 2.05. The van der Waals surface area contributed by atoms with Gasteiger partial charge in [-0.3, -0.25) is 4.79 Å². The van der Waals surface area contributed by atoms with Crippen LogP contribution in [0.1, 0.15) is 13.3 Å². The van der Waals surface area contributed by atoms with Gasteiger partial charge in [-0.15, -0.1) is 0 Å². The predicted octanol–water partition coefficient (Wildman–Crippen LogP) is -0.489. The smallest absolute Gasteiger partial charge is 0.239 e. The van der Waals surface area contributed by atoms with Crippen molar-refractivity contribution in [2.45, 2.75) is 13.3 Å². The molecule has 0 fully saturated rings. The molecule has 0 aromatic rings. The van der Waals surface area contributed by atoms with Gasteiger partial charge in [0.15, 0.2) is 0 Å². The maximum atomic E-state index is 10.6. The summed E-state index contributed by atoms with van der Waals surface area (Å²) in [6, 6.07) is 0. The molecule has 0 aromatic heterocycles. The molecule has 4 nitrogen and oxygen atoms in total. The van der Waals surface area contributed by atoms with Crippen molar-refractivity contribution in [3.63, 3.8) is 0 Å². The van der Waals surface area contributed by atoms with Crippen LogP contribution in [0.2, 0.25) is 0 Å². The Morgan fingerprint density at radius 1 is 1.89 bits per heavy atom. The zero-order valence-corrected chi connectivity index (χ0v) is 5.29. The first kappa shape index (κ1) is 6.07. The molecule has 0 saturated carbocycles. The molecule has 0 unspecified atom stereocenters. The van der Waals surface area contributed by atoms with Crippen LogP contribution in [0.4, 0.5) is 0 Å². The number of hydrogen-bond acceptors (Lipinski definition) is 3. The molecule has 1 aliphatic heterocycles. The van der Waals surface area contributed by atoms with E-state index in [2.05, 4.69) is 5.10 Å². The van der Waals surface area contributed by atoms with Crippen molar-refractivity contribution in [1.82, 2.24) is 5.01 Å². The van der Waals surface area contributed by atoms with E-state index in [0.717, 1.165) is 0 Å². The van der Waals surface area contributed by atoms with Crippen molar-refractivity contribution in [2.75, 3.05) is 6.54 Å². The average Bonchev–Trinajstić information content (AvgIpc) is 2.14. The summed E-state index contributed by atoms with van der Waals surface area (Å²) in [7, 11) is 0. The van der Waals surface area contributed by atoms with Gasteiger partial charge in [-0.25, -0.2) is 5.01 Å². The van der Waals surface area contributed by atoms with Crippen LogP contribution in [0.25, 0.3) is 0 Å². The molecule has 4 heteroatoms. The van der Waals surface area contributed by atoms with Crippen LogP contribution in [-0.2, 0) is 4.79 Å². The van der Waals surface area contributed by atoms with E-state index in [9.17, 15) is 4.79 Å². The minimum Gasteiger partial charge on any atom is -0.386 e. The number of amidine groups is 1. The van der Waals surface area contributed by atoms with Crippen LogP contribution < -0.4 is 5.73 Å². The largest absolute Gasteiger partial charge is 0.386 e. The molecule has 0 atom stereocenters. The first-order chi connectivity index (χ1) is 4.20. The van der Waals surface area contributed by atoms with Crippen LogP contribution in [0.5, 0.6) is 0 Å². The summed E-state index contributed by atoms with van der Waals surface area (Å²) in [6.07, 6.45) is 0.708. The van der Waals surface area contributed by atoms with Crippen LogP contribution >= 0.6 is 0 Å². The highest BCUT2D eigenvalue weighted by molar-refractivity contribution is 5.85. The van der Waals surface area contributed by atoms with Crippen LogP contribution in [-0.4, -0.2) is 23.3 Å². The fraction of sp³-hybridized carbons (Fsp3) is 0.600. The van der Waals surface area contributed by atoms with Crippen LogP contribution in [0.15, 0.2) is 5.10 Å². The monoisotopic (exact) mass is 127 g/mol. The van der Waals surface area contributed by atoms with E-state index < -0.39 is 0 Å². The van der Waals surface area contributed by atoms with Gasteiger partial charge in [-0.1, -0.05) is 0 Å². The van der Waals surface area contributed by atoms with Crippen LogP contribution in [0, 0.1) is 0 Å². The molecule has 50 valence electrons. The molecule has 0 radical (unpaired) electrons. The van der Waals surface area contributed by atoms with Gasteiger partial charge in [0.05, 0.1) is 6.54 Å². The number of carbonyl (C=O) groups is 1. The summed E-state index contributed by atoms with van der Waals surface area (Å²) >= 11 is 0. The zero-order chi connectivity index (χ0) is 6.85. The van der Waals surface area contributed by atoms with Gasteiger partial charge in [-0.05, 0) is 0 Å². The van der Waals surface area contributed by atoms with Crippen molar-refractivity contribution in [2.24, 2.45) is 10.8 Å². The van der Waals surface area contributed by atoms with Gasteiger partial charge in [0.25, 0.3) is 0 Å². The predicted molar refractivity (Wildman–Crippen MR) is 33.6 cm³/mol. The number of hydrazone groups is 1. The second-order valence-corrected chi connectivity index (χ2v) is 1.98. The van der Waals surface area contributed by atoms with Crippen molar-refractivity contribution in [3.05, 3.63) is 0 Å². The van der Waals surface area contributed by atoms with E-state index in [1.165, 1.54) is 11.9 Å². The van der Waals surface area contributed by atoms with E-state index in [-0.39, 0.29) is 5.91 Å². The molecule has 1 aliphatic rings. The lowest BCUT2D eigenvalue weighted by Gasteiger charge is -2.05. The van der Waals surface area contributed by atoms with Crippen molar-refractivity contribution in [1.29, 1.82) is 0 Å². The fourth-order valence-corrected chi connectivity index (χ4v) is 0.703. The van der Waals surface area contributed by atoms with Gasteiger partial charge in [0, 0.05) is 13.3 Å². The van der Waals surface area contributed by atoms with Crippen LogP contribution in [0.3, 0.4) is 0 Å². The molecule has 0 aliphatic carbocycles. The lowest BCUT2D eigenvalue weighted by atomic mass is 10.4. The lowest BCUT2D eigenvalue weighted by molar-refractivity contribution is -0.128. The molecule has 1 heterocycles. The number of nitrogens with zero attached hydrogens (tertiary/aromatic N) is 2. The summed E-state index contributed by atoms with van der Waals surface area (Å²) < 4.78 is 0. The first-order valence-electron chi connectivity index (χ1n) is 2.81. The highest BCUT2D eigenvalue weighted by Gasteiger charge is 2.13. The number of amides is 1. The van der Waals surface area contributed by atoms with E-state index in [1.807, 2.05) is 0 Å². The fourth-order valence-electron chi connectivity index (χ4n) is 0.703. The number of rotatable bonds is 0. The standard InChI is InChI=1S/C5H9N3O/c1-4(9)8-3-2-5(6)7-8/h2-3H2,1H3,(H2,6,7).